The Kier molecular flexibility index (Phi) is 4.80. The van der Waals surface area contributed by atoms with Crippen molar-refractivity contribution in [3.8, 4) is 0 Å². The maximum Gasteiger partial charge on any atom is 0.0968 e. The van der Waals surface area contributed by atoms with E-state index in [4.69, 9.17) is 5.73 Å². The van der Waals surface area contributed by atoms with E-state index < -0.39 is 0 Å². The number of rotatable bonds is 4. The number of nitrogens with two attached hydrogens (primary N) is 1. The van der Waals surface area contributed by atoms with E-state index in [0.717, 1.165) is 18.8 Å². The van der Waals surface area contributed by atoms with Crippen LogP contribution in [0, 0.1) is 12.8 Å². The molecule has 18 heavy (non-hydrogen) atoms. The minimum Gasteiger partial charge on any atom is -0.387 e. The SMILES string of the molecule is Cc1cccc(CCN=C(N)C2CCCCC2)c1. The molecule has 1 saturated carbocycles. The van der Waals surface area contributed by atoms with Gasteiger partial charge in [-0.2, -0.15) is 0 Å². The van der Waals surface area contributed by atoms with Crippen molar-refractivity contribution in [2.24, 2.45) is 16.6 Å². The van der Waals surface area contributed by atoms with E-state index in [1.54, 1.807) is 0 Å². The third-order valence-electron chi connectivity index (χ3n) is 3.80. The Balaban J connectivity index is 1.83. The van der Waals surface area contributed by atoms with Gasteiger partial charge in [0.25, 0.3) is 0 Å². The highest BCUT2D eigenvalue weighted by atomic mass is 14.9. The lowest BCUT2D eigenvalue weighted by atomic mass is 9.88. The molecule has 2 nitrogen and oxygen atoms in total. The molecule has 1 aliphatic rings. The van der Waals surface area contributed by atoms with Gasteiger partial charge in [0, 0.05) is 12.5 Å². The van der Waals surface area contributed by atoms with Crippen LogP contribution in [-0.4, -0.2) is 12.4 Å². The van der Waals surface area contributed by atoms with Crippen LogP contribution in [-0.2, 0) is 6.42 Å². The predicted octanol–water partition coefficient (Wildman–Crippen LogP) is 3.48. The largest absolute Gasteiger partial charge is 0.387 e. The average molecular weight is 244 g/mol. The molecule has 0 spiro atoms. The zero-order valence-corrected chi connectivity index (χ0v) is 11.4. The van der Waals surface area contributed by atoms with Crippen molar-refractivity contribution in [1.29, 1.82) is 0 Å². The molecular weight excluding hydrogens is 220 g/mol. The number of aryl methyl sites for hydroxylation is 1. The van der Waals surface area contributed by atoms with Gasteiger partial charge in [-0.05, 0) is 31.7 Å². The van der Waals surface area contributed by atoms with E-state index in [9.17, 15) is 0 Å². The maximum absolute atomic E-state index is 6.09. The third-order valence-corrected chi connectivity index (χ3v) is 3.80. The van der Waals surface area contributed by atoms with Crippen LogP contribution in [0.25, 0.3) is 0 Å². The molecule has 0 unspecified atom stereocenters. The summed E-state index contributed by atoms with van der Waals surface area (Å²) in [7, 11) is 0. The summed E-state index contributed by atoms with van der Waals surface area (Å²) in [5.41, 5.74) is 8.77. The van der Waals surface area contributed by atoms with E-state index in [1.807, 2.05) is 0 Å². The molecule has 1 aromatic rings. The van der Waals surface area contributed by atoms with Crippen LogP contribution >= 0.6 is 0 Å². The number of aliphatic imine (C=N–C) groups is 1. The molecule has 2 heteroatoms. The van der Waals surface area contributed by atoms with Crippen molar-refractivity contribution in [2.45, 2.75) is 45.4 Å². The summed E-state index contributed by atoms with van der Waals surface area (Å²) >= 11 is 0. The van der Waals surface area contributed by atoms with Gasteiger partial charge in [0.05, 0.1) is 5.84 Å². The second-order valence-corrected chi connectivity index (χ2v) is 5.38. The van der Waals surface area contributed by atoms with Crippen molar-refractivity contribution >= 4 is 5.84 Å². The Hall–Kier alpha value is -1.31. The smallest absolute Gasteiger partial charge is 0.0968 e. The monoisotopic (exact) mass is 244 g/mol. The van der Waals surface area contributed by atoms with Crippen molar-refractivity contribution in [3.63, 3.8) is 0 Å². The first-order chi connectivity index (χ1) is 8.75. The van der Waals surface area contributed by atoms with Gasteiger partial charge < -0.3 is 5.73 Å². The topological polar surface area (TPSA) is 38.4 Å². The molecule has 2 rings (SSSR count). The number of benzene rings is 1. The van der Waals surface area contributed by atoms with Gasteiger partial charge in [-0.25, -0.2) is 0 Å². The van der Waals surface area contributed by atoms with Crippen molar-refractivity contribution in [3.05, 3.63) is 35.4 Å². The summed E-state index contributed by atoms with van der Waals surface area (Å²) in [6.45, 7) is 2.95. The van der Waals surface area contributed by atoms with Crippen LogP contribution in [0.2, 0.25) is 0 Å². The zero-order chi connectivity index (χ0) is 12.8. The molecule has 0 bridgehead atoms. The van der Waals surface area contributed by atoms with Gasteiger partial charge in [-0.15, -0.1) is 0 Å². The van der Waals surface area contributed by atoms with Crippen molar-refractivity contribution < 1.29 is 0 Å². The first kappa shape index (κ1) is 13.1. The van der Waals surface area contributed by atoms with Crippen LogP contribution in [0.5, 0.6) is 0 Å². The molecule has 0 saturated heterocycles. The summed E-state index contributed by atoms with van der Waals surface area (Å²) in [4.78, 5) is 4.57. The average Bonchev–Trinajstić information content (AvgIpc) is 2.40. The molecule has 0 heterocycles. The fourth-order valence-electron chi connectivity index (χ4n) is 2.71. The summed E-state index contributed by atoms with van der Waals surface area (Å²) in [5.74, 6) is 1.44. The molecule has 0 atom stereocenters. The fourth-order valence-corrected chi connectivity index (χ4v) is 2.71. The fraction of sp³-hybridized carbons (Fsp3) is 0.562. The zero-order valence-electron chi connectivity index (χ0n) is 11.4. The Morgan fingerprint density at radius 2 is 2.06 bits per heavy atom. The van der Waals surface area contributed by atoms with E-state index in [2.05, 4.69) is 36.2 Å². The standard InChI is InChI=1S/C16H24N2/c1-13-6-5-7-14(12-13)10-11-18-16(17)15-8-3-2-4-9-15/h5-7,12,15H,2-4,8-11H2,1H3,(H2,17,18). The molecule has 0 aliphatic heterocycles. The molecule has 1 fully saturated rings. The predicted molar refractivity (Wildman–Crippen MR) is 77.9 cm³/mol. The lowest BCUT2D eigenvalue weighted by Crippen LogP contribution is -2.26. The van der Waals surface area contributed by atoms with Crippen LogP contribution in [0.1, 0.15) is 43.2 Å². The molecule has 98 valence electrons. The summed E-state index contributed by atoms with van der Waals surface area (Å²) < 4.78 is 0. The Bertz CT molecular complexity index is 403. The number of hydrogen-bond donors (Lipinski definition) is 1. The van der Waals surface area contributed by atoms with E-state index in [-0.39, 0.29) is 0 Å². The van der Waals surface area contributed by atoms with Crippen LogP contribution < -0.4 is 5.73 Å². The number of hydrogen-bond acceptors (Lipinski definition) is 1. The quantitative estimate of drug-likeness (QED) is 0.639. The molecule has 2 N–H and O–H groups in total. The van der Waals surface area contributed by atoms with Gasteiger partial charge in [0.15, 0.2) is 0 Å². The normalized spacial score (nSPS) is 17.9. The lowest BCUT2D eigenvalue weighted by Gasteiger charge is -2.20. The van der Waals surface area contributed by atoms with Crippen LogP contribution in [0.15, 0.2) is 29.3 Å². The van der Waals surface area contributed by atoms with Crippen molar-refractivity contribution in [1.82, 2.24) is 0 Å². The highest BCUT2D eigenvalue weighted by molar-refractivity contribution is 5.82. The van der Waals surface area contributed by atoms with Gasteiger partial charge >= 0.3 is 0 Å². The second-order valence-electron chi connectivity index (χ2n) is 5.38. The molecule has 0 radical (unpaired) electrons. The summed E-state index contributed by atoms with van der Waals surface area (Å²) in [6, 6.07) is 8.63. The summed E-state index contributed by atoms with van der Waals surface area (Å²) in [6.07, 6.45) is 7.47. The molecular formula is C16H24N2. The molecule has 1 aliphatic carbocycles. The van der Waals surface area contributed by atoms with E-state index >= 15 is 0 Å². The highest BCUT2D eigenvalue weighted by Gasteiger charge is 2.16. The first-order valence-electron chi connectivity index (χ1n) is 7.11. The summed E-state index contributed by atoms with van der Waals surface area (Å²) in [5, 5.41) is 0. The number of nitrogens with zero attached hydrogens (tertiary/aromatic N) is 1. The third kappa shape index (κ3) is 3.86. The Morgan fingerprint density at radius 3 is 2.78 bits per heavy atom. The molecule has 0 amide bonds. The Labute approximate surface area is 110 Å². The van der Waals surface area contributed by atoms with E-state index in [1.165, 1.54) is 43.2 Å². The lowest BCUT2D eigenvalue weighted by molar-refractivity contribution is 0.436. The Morgan fingerprint density at radius 1 is 1.28 bits per heavy atom. The molecule has 1 aromatic carbocycles. The van der Waals surface area contributed by atoms with Crippen LogP contribution in [0.3, 0.4) is 0 Å². The molecule has 0 aromatic heterocycles. The van der Waals surface area contributed by atoms with E-state index in [0.29, 0.717) is 5.92 Å². The van der Waals surface area contributed by atoms with Crippen molar-refractivity contribution in [2.75, 3.05) is 6.54 Å². The minimum atomic E-state index is 0.552. The minimum absolute atomic E-state index is 0.552. The highest BCUT2D eigenvalue weighted by Crippen LogP contribution is 2.23. The second kappa shape index (κ2) is 6.58. The van der Waals surface area contributed by atoms with Gasteiger partial charge in [-0.1, -0.05) is 49.1 Å². The van der Waals surface area contributed by atoms with Crippen LogP contribution in [0.4, 0.5) is 0 Å². The maximum atomic E-state index is 6.09. The number of amidine groups is 1. The first-order valence-corrected chi connectivity index (χ1v) is 7.11. The van der Waals surface area contributed by atoms with Gasteiger partial charge in [-0.3, -0.25) is 4.99 Å². The van der Waals surface area contributed by atoms with Gasteiger partial charge in [0.2, 0.25) is 0 Å². The van der Waals surface area contributed by atoms with Gasteiger partial charge in [0.1, 0.15) is 0 Å².